The van der Waals surface area contributed by atoms with Gasteiger partial charge in [-0.2, -0.15) is 35.1 Å². The summed E-state index contributed by atoms with van der Waals surface area (Å²) in [6.07, 6.45) is -5.25. The van der Waals surface area contributed by atoms with Gasteiger partial charge < -0.3 is 10.1 Å². The van der Waals surface area contributed by atoms with Gasteiger partial charge in [0.1, 0.15) is 5.75 Å². The molecular formula is C35H32BrF8N5O3. The van der Waals surface area contributed by atoms with Crippen LogP contribution in [0.25, 0.3) is 11.4 Å². The van der Waals surface area contributed by atoms with Crippen molar-refractivity contribution in [1.82, 2.24) is 24.9 Å². The van der Waals surface area contributed by atoms with Crippen LogP contribution < -0.4 is 21.2 Å². The fourth-order valence-corrected chi connectivity index (χ4v) is 6.39. The minimum absolute atomic E-state index is 0.0565. The van der Waals surface area contributed by atoms with E-state index in [2.05, 4.69) is 31.4 Å². The van der Waals surface area contributed by atoms with Gasteiger partial charge in [0.2, 0.25) is 0 Å². The number of hydrogen-bond acceptors (Lipinski definition) is 4. The molecule has 0 spiro atoms. The van der Waals surface area contributed by atoms with Gasteiger partial charge in [-0.1, -0.05) is 34.5 Å². The van der Waals surface area contributed by atoms with E-state index in [1.54, 1.807) is 0 Å². The lowest BCUT2D eigenvalue weighted by Crippen LogP contribution is -2.26. The number of aromatic nitrogens is 4. The molecule has 0 atom stereocenters. The number of alkyl halides is 8. The van der Waals surface area contributed by atoms with E-state index < -0.39 is 52.9 Å². The second kappa shape index (κ2) is 15.5. The number of piperidine rings is 1. The Morgan fingerprint density at radius 2 is 1.19 bits per heavy atom. The van der Waals surface area contributed by atoms with Crippen LogP contribution in [0.15, 0.2) is 80.8 Å². The zero-order valence-corrected chi connectivity index (χ0v) is 29.1. The number of aromatic amines is 2. The summed E-state index contributed by atoms with van der Waals surface area (Å²) in [6, 6.07) is 11.6. The number of aryl methyl sites for hydroxylation is 2. The Labute approximate surface area is 299 Å². The lowest BCUT2D eigenvalue weighted by atomic mass is 9.84. The highest BCUT2D eigenvalue weighted by Crippen LogP contribution is 2.40. The third kappa shape index (κ3) is 8.52. The normalized spacial score (nSPS) is 13.7. The summed E-state index contributed by atoms with van der Waals surface area (Å²) >= 11 is 3.25. The Morgan fingerprint density at radius 3 is 1.58 bits per heavy atom. The zero-order chi connectivity index (χ0) is 38.0. The van der Waals surface area contributed by atoms with Crippen molar-refractivity contribution >= 4 is 15.9 Å². The van der Waals surface area contributed by atoms with Gasteiger partial charge in [-0.25, -0.2) is 9.36 Å². The summed E-state index contributed by atoms with van der Waals surface area (Å²) < 4.78 is 115. The Morgan fingerprint density at radius 1 is 0.712 bits per heavy atom. The molecule has 278 valence electrons. The average molecular weight is 803 g/mol. The van der Waals surface area contributed by atoms with E-state index >= 15 is 0 Å². The molecule has 6 rings (SSSR count). The number of benzene rings is 3. The fourth-order valence-electron chi connectivity index (χ4n) is 6.01. The largest absolute Gasteiger partial charge is 0.435 e. The van der Waals surface area contributed by atoms with Crippen LogP contribution >= 0.6 is 15.9 Å². The molecule has 17 heteroatoms. The maximum Gasteiger partial charge on any atom is 0.416 e. The minimum atomic E-state index is -4.73. The van der Waals surface area contributed by atoms with Crippen molar-refractivity contribution < 1.29 is 39.9 Å². The highest BCUT2D eigenvalue weighted by atomic mass is 79.9. The Balaban J connectivity index is 0.000000790. The van der Waals surface area contributed by atoms with Crippen LogP contribution in [-0.2, 0) is 12.4 Å². The first-order valence-electron chi connectivity index (χ1n) is 15.9. The van der Waals surface area contributed by atoms with Gasteiger partial charge >= 0.3 is 19.0 Å². The summed E-state index contributed by atoms with van der Waals surface area (Å²) in [5.41, 5.74) is -4.79. The van der Waals surface area contributed by atoms with Gasteiger partial charge in [0.15, 0.2) is 0 Å². The van der Waals surface area contributed by atoms with Crippen molar-refractivity contribution in [2.24, 2.45) is 0 Å². The third-order valence-corrected chi connectivity index (χ3v) is 8.87. The van der Waals surface area contributed by atoms with E-state index in [-0.39, 0.29) is 39.5 Å². The Hall–Kier alpha value is -4.64. The molecule has 0 saturated carbocycles. The Bertz CT molecular complexity index is 2020. The molecule has 52 heavy (non-hydrogen) atoms. The molecule has 0 bridgehead atoms. The average Bonchev–Trinajstić information content (AvgIpc) is 3.56. The molecule has 0 amide bonds. The minimum Gasteiger partial charge on any atom is -0.435 e. The number of nitrogens with zero attached hydrogens (tertiary/aromatic N) is 2. The SMILES string of the molecule is C1CCNCC1.Cc1[nH]n(-c2cccc(C(F)(F)F)c2)c(=O)c1C(c1cc(Br)ccc1OC(F)F)c1c(C)[nH]n(-c2cccc(C(F)(F)F)c2)c1=O. The summed E-state index contributed by atoms with van der Waals surface area (Å²) in [7, 11) is 0. The maximum absolute atomic E-state index is 14.0. The van der Waals surface area contributed by atoms with Gasteiger partial charge in [-0.05, 0) is 94.4 Å². The standard InChI is InChI=1S/C30H21BrF8N4O3.C5H11N/c1-14-23(26(44)42(40-14)19-7-3-5-16(11-19)29(34,35)36)25(21-13-18(31)9-10-22(21)46-28(32)33)24-15(2)41-43(27(24)45)20-8-4-6-17(12-20)30(37,38)39;1-2-4-6-5-3-1/h3-13,25,28,40-41H,1-2H3;6H,1-5H2. The second-order valence-electron chi connectivity index (χ2n) is 12.0. The van der Waals surface area contributed by atoms with Crippen molar-refractivity contribution in [2.75, 3.05) is 13.1 Å². The summed E-state index contributed by atoms with van der Waals surface area (Å²) in [6.45, 7) is 1.96. The molecule has 3 N–H and O–H groups in total. The van der Waals surface area contributed by atoms with Crippen LogP contribution in [0.2, 0.25) is 0 Å². The lowest BCUT2D eigenvalue weighted by molar-refractivity contribution is -0.138. The third-order valence-electron chi connectivity index (χ3n) is 8.38. The van der Waals surface area contributed by atoms with E-state index in [1.807, 2.05) is 0 Å². The first-order chi connectivity index (χ1) is 24.5. The molecule has 5 aromatic rings. The quantitative estimate of drug-likeness (QED) is 0.144. The number of nitrogens with one attached hydrogen (secondary N) is 3. The van der Waals surface area contributed by atoms with Crippen LogP contribution in [0, 0.1) is 13.8 Å². The van der Waals surface area contributed by atoms with Crippen molar-refractivity contribution in [3.63, 3.8) is 0 Å². The van der Waals surface area contributed by atoms with E-state index in [0.717, 1.165) is 45.8 Å². The predicted octanol–water partition coefficient (Wildman–Crippen LogP) is 8.60. The molecule has 0 unspecified atom stereocenters. The van der Waals surface area contributed by atoms with Gasteiger partial charge in [0, 0.05) is 21.4 Å². The molecule has 1 aliphatic rings. The van der Waals surface area contributed by atoms with Gasteiger partial charge in [-0.3, -0.25) is 19.8 Å². The van der Waals surface area contributed by atoms with E-state index in [0.29, 0.717) is 4.47 Å². The van der Waals surface area contributed by atoms with Gasteiger partial charge in [0.25, 0.3) is 11.1 Å². The molecule has 3 aromatic carbocycles. The van der Waals surface area contributed by atoms with Crippen LogP contribution in [-0.4, -0.2) is 39.3 Å². The van der Waals surface area contributed by atoms with Crippen molar-refractivity contribution in [2.45, 2.75) is 58.0 Å². The van der Waals surface area contributed by atoms with Gasteiger partial charge in [0.05, 0.1) is 39.5 Å². The number of ether oxygens (including phenoxy) is 1. The molecule has 8 nitrogen and oxygen atoms in total. The monoisotopic (exact) mass is 801 g/mol. The number of hydrogen-bond donors (Lipinski definition) is 3. The smallest absolute Gasteiger partial charge is 0.416 e. The summed E-state index contributed by atoms with van der Waals surface area (Å²) in [5, 5.41) is 8.68. The molecule has 0 radical (unpaired) electrons. The van der Waals surface area contributed by atoms with Crippen LogP contribution in [0.3, 0.4) is 0 Å². The van der Waals surface area contributed by atoms with Crippen LogP contribution in [0.1, 0.15) is 64.4 Å². The lowest BCUT2D eigenvalue weighted by Gasteiger charge is -2.20. The first kappa shape index (κ1) is 38.6. The molecule has 2 aromatic heterocycles. The fraction of sp³-hybridized carbons (Fsp3) is 0.314. The van der Waals surface area contributed by atoms with E-state index in [9.17, 15) is 44.7 Å². The number of rotatable bonds is 7. The highest BCUT2D eigenvalue weighted by molar-refractivity contribution is 9.10. The summed E-state index contributed by atoms with van der Waals surface area (Å²) in [4.78, 5) is 28.0. The van der Waals surface area contributed by atoms with Crippen molar-refractivity contribution in [3.8, 4) is 17.1 Å². The highest BCUT2D eigenvalue weighted by Gasteiger charge is 2.35. The number of H-pyrrole nitrogens is 2. The van der Waals surface area contributed by atoms with Crippen molar-refractivity contribution in [1.29, 1.82) is 0 Å². The predicted molar refractivity (Wildman–Crippen MR) is 181 cm³/mol. The number of halogens is 9. The van der Waals surface area contributed by atoms with E-state index in [4.69, 9.17) is 4.74 Å². The molecule has 3 heterocycles. The molecular weight excluding hydrogens is 770 g/mol. The van der Waals surface area contributed by atoms with Crippen LogP contribution in [0.5, 0.6) is 5.75 Å². The second-order valence-corrected chi connectivity index (χ2v) is 12.9. The van der Waals surface area contributed by atoms with Crippen molar-refractivity contribution in [3.05, 3.63) is 131 Å². The molecule has 1 aliphatic heterocycles. The topological polar surface area (TPSA) is 96.8 Å². The zero-order valence-electron chi connectivity index (χ0n) is 27.6. The summed E-state index contributed by atoms with van der Waals surface area (Å²) in [5.74, 6) is -1.93. The van der Waals surface area contributed by atoms with Gasteiger partial charge in [-0.15, -0.1) is 0 Å². The first-order valence-corrected chi connectivity index (χ1v) is 16.7. The van der Waals surface area contributed by atoms with E-state index in [1.165, 1.54) is 76.5 Å². The molecule has 1 saturated heterocycles. The maximum atomic E-state index is 14.0. The molecule has 1 fully saturated rings. The molecule has 0 aliphatic carbocycles. The Kier molecular flexibility index (Phi) is 11.5. The van der Waals surface area contributed by atoms with Crippen LogP contribution in [0.4, 0.5) is 35.1 Å².